The molecule has 100 valence electrons. The van der Waals surface area contributed by atoms with Gasteiger partial charge in [0, 0.05) is 12.1 Å². The quantitative estimate of drug-likeness (QED) is 0.886. The highest BCUT2D eigenvalue weighted by molar-refractivity contribution is 5.30. The van der Waals surface area contributed by atoms with E-state index in [4.69, 9.17) is 10.5 Å². The van der Waals surface area contributed by atoms with Gasteiger partial charge in [0.2, 0.25) is 0 Å². The van der Waals surface area contributed by atoms with Crippen LogP contribution in [0.3, 0.4) is 0 Å². The fraction of sp³-hybridized carbons (Fsp3) is 0.600. The van der Waals surface area contributed by atoms with Gasteiger partial charge in [0.15, 0.2) is 0 Å². The molecule has 0 aliphatic carbocycles. The third-order valence-corrected chi connectivity index (χ3v) is 3.56. The Balaban J connectivity index is 2.05. The van der Waals surface area contributed by atoms with Crippen LogP contribution in [0, 0.1) is 0 Å². The largest absolute Gasteiger partial charge is 0.494 e. The van der Waals surface area contributed by atoms with Gasteiger partial charge in [0.05, 0.1) is 6.61 Å². The maximum Gasteiger partial charge on any atom is 0.119 e. The lowest BCUT2D eigenvalue weighted by atomic mass is 9.84. The number of ether oxygens (including phenoxy) is 1. The number of likely N-dealkylation sites (N-methyl/N-ethyl adjacent to an activating group) is 1. The minimum atomic E-state index is -0.0855. The first-order chi connectivity index (χ1) is 8.61. The molecule has 1 atom stereocenters. The normalized spacial score (nSPS) is 25.1. The van der Waals surface area contributed by atoms with Gasteiger partial charge in [-0.3, -0.25) is 0 Å². The maximum atomic E-state index is 6.52. The molecule has 0 saturated carbocycles. The van der Waals surface area contributed by atoms with E-state index in [1.54, 1.807) is 0 Å². The summed E-state index contributed by atoms with van der Waals surface area (Å²) >= 11 is 0. The van der Waals surface area contributed by atoms with Crippen LogP contribution in [0.15, 0.2) is 24.3 Å². The molecule has 1 fully saturated rings. The molecule has 1 aliphatic heterocycles. The van der Waals surface area contributed by atoms with Gasteiger partial charge in [-0.25, -0.2) is 0 Å². The van der Waals surface area contributed by atoms with E-state index in [1.807, 2.05) is 13.0 Å². The summed E-state index contributed by atoms with van der Waals surface area (Å²) < 4.78 is 5.54. The molecule has 18 heavy (non-hydrogen) atoms. The monoisotopic (exact) mass is 248 g/mol. The van der Waals surface area contributed by atoms with E-state index in [1.165, 1.54) is 12.0 Å². The molecule has 3 heteroatoms. The molecule has 0 bridgehead atoms. The average Bonchev–Trinajstić information content (AvgIpc) is 2.28. The van der Waals surface area contributed by atoms with E-state index < -0.39 is 0 Å². The van der Waals surface area contributed by atoms with Gasteiger partial charge in [-0.05, 0) is 57.5 Å². The van der Waals surface area contributed by atoms with Gasteiger partial charge in [0.25, 0.3) is 0 Å². The lowest BCUT2D eigenvalue weighted by Gasteiger charge is -2.38. The van der Waals surface area contributed by atoms with Crippen LogP contribution >= 0.6 is 0 Å². The van der Waals surface area contributed by atoms with Crippen molar-refractivity contribution in [2.45, 2.75) is 31.7 Å². The van der Waals surface area contributed by atoms with Crippen molar-refractivity contribution in [1.82, 2.24) is 4.90 Å². The van der Waals surface area contributed by atoms with E-state index in [0.717, 1.165) is 31.7 Å². The molecule has 3 nitrogen and oxygen atoms in total. The van der Waals surface area contributed by atoms with E-state index >= 15 is 0 Å². The van der Waals surface area contributed by atoms with Gasteiger partial charge >= 0.3 is 0 Å². The van der Waals surface area contributed by atoms with Crippen LogP contribution in [0.5, 0.6) is 5.75 Å². The molecular weight excluding hydrogens is 224 g/mol. The SMILES string of the molecule is CCOc1cccc(CC2(N)CCCN(C)C2)c1. The summed E-state index contributed by atoms with van der Waals surface area (Å²) in [6, 6.07) is 8.32. The fourth-order valence-corrected chi connectivity index (χ4v) is 2.86. The van der Waals surface area contributed by atoms with Gasteiger partial charge < -0.3 is 15.4 Å². The van der Waals surface area contributed by atoms with Gasteiger partial charge in [-0.1, -0.05) is 12.1 Å². The topological polar surface area (TPSA) is 38.5 Å². The molecule has 1 heterocycles. The van der Waals surface area contributed by atoms with Crippen LogP contribution in [0.2, 0.25) is 0 Å². The molecule has 1 aromatic rings. The standard InChI is InChI=1S/C15H24N2O/c1-3-18-14-7-4-6-13(10-14)11-15(16)8-5-9-17(2)12-15/h4,6-7,10H,3,5,8-9,11-12,16H2,1-2H3. The van der Waals surface area contributed by atoms with Gasteiger partial charge in [-0.2, -0.15) is 0 Å². The molecular formula is C15H24N2O. The Morgan fingerprint density at radius 2 is 2.28 bits per heavy atom. The summed E-state index contributed by atoms with van der Waals surface area (Å²) in [6.07, 6.45) is 3.23. The van der Waals surface area contributed by atoms with Crippen molar-refractivity contribution in [3.8, 4) is 5.75 Å². The molecule has 2 N–H and O–H groups in total. The van der Waals surface area contributed by atoms with Crippen LogP contribution in [-0.2, 0) is 6.42 Å². The number of nitrogens with two attached hydrogens (primary N) is 1. The Bertz CT molecular complexity index is 394. The van der Waals surface area contributed by atoms with Crippen molar-refractivity contribution < 1.29 is 4.74 Å². The van der Waals surface area contributed by atoms with E-state index in [0.29, 0.717) is 6.61 Å². The minimum Gasteiger partial charge on any atom is -0.494 e. The first-order valence-electron chi connectivity index (χ1n) is 6.80. The van der Waals surface area contributed by atoms with Crippen molar-refractivity contribution >= 4 is 0 Å². The number of benzene rings is 1. The van der Waals surface area contributed by atoms with Crippen molar-refractivity contribution in [3.63, 3.8) is 0 Å². The average molecular weight is 248 g/mol. The third-order valence-electron chi connectivity index (χ3n) is 3.56. The second kappa shape index (κ2) is 5.72. The number of hydrogen-bond acceptors (Lipinski definition) is 3. The van der Waals surface area contributed by atoms with Crippen LogP contribution in [0.4, 0.5) is 0 Å². The zero-order valence-corrected chi connectivity index (χ0v) is 11.5. The highest BCUT2D eigenvalue weighted by Gasteiger charge is 2.30. The highest BCUT2D eigenvalue weighted by Crippen LogP contribution is 2.24. The number of likely N-dealkylation sites (tertiary alicyclic amines) is 1. The van der Waals surface area contributed by atoms with Crippen molar-refractivity contribution in [1.29, 1.82) is 0 Å². The zero-order chi connectivity index (χ0) is 13.0. The Hall–Kier alpha value is -1.06. The third kappa shape index (κ3) is 3.47. The summed E-state index contributed by atoms with van der Waals surface area (Å²) in [7, 11) is 2.15. The number of piperidine rings is 1. The summed E-state index contributed by atoms with van der Waals surface area (Å²) in [4.78, 5) is 2.33. The highest BCUT2D eigenvalue weighted by atomic mass is 16.5. The van der Waals surface area contributed by atoms with Crippen LogP contribution in [0.25, 0.3) is 0 Å². The molecule has 1 saturated heterocycles. The number of nitrogens with zero attached hydrogens (tertiary/aromatic N) is 1. The van der Waals surface area contributed by atoms with Gasteiger partial charge in [-0.15, -0.1) is 0 Å². The Labute approximate surface area is 110 Å². The lowest BCUT2D eigenvalue weighted by molar-refractivity contribution is 0.178. The summed E-state index contributed by atoms with van der Waals surface area (Å²) in [5, 5.41) is 0. The fourth-order valence-electron chi connectivity index (χ4n) is 2.86. The Kier molecular flexibility index (Phi) is 4.25. The maximum absolute atomic E-state index is 6.52. The summed E-state index contributed by atoms with van der Waals surface area (Å²) in [5.41, 5.74) is 7.71. The second-order valence-electron chi connectivity index (χ2n) is 5.46. The molecule has 1 aliphatic rings. The molecule has 1 aromatic carbocycles. The van der Waals surface area contributed by atoms with Crippen LogP contribution < -0.4 is 10.5 Å². The first kappa shape index (κ1) is 13.4. The zero-order valence-electron chi connectivity index (χ0n) is 11.5. The molecule has 0 spiro atoms. The predicted octanol–water partition coefficient (Wildman–Crippen LogP) is 2.05. The molecule has 0 aromatic heterocycles. The molecule has 2 rings (SSSR count). The second-order valence-corrected chi connectivity index (χ2v) is 5.46. The minimum absolute atomic E-state index is 0.0855. The first-order valence-corrected chi connectivity index (χ1v) is 6.80. The molecule has 0 amide bonds. The van der Waals surface area contributed by atoms with E-state index in [-0.39, 0.29) is 5.54 Å². The summed E-state index contributed by atoms with van der Waals surface area (Å²) in [6.45, 7) is 4.86. The summed E-state index contributed by atoms with van der Waals surface area (Å²) in [5.74, 6) is 0.947. The predicted molar refractivity (Wildman–Crippen MR) is 75.0 cm³/mol. The Morgan fingerprint density at radius 1 is 1.44 bits per heavy atom. The van der Waals surface area contributed by atoms with Crippen LogP contribution in [0.1, 0.15) is 25.3 Å². The smallest absolute Gasteiger partial charge is 0.119 e. The Morgan fingerprint density at radius 3 is 3.00 bits per heavy atom. The van der Waals surface area contributed by atoms with Crippen molar-refractivity contribution in [2.24, 2.45) is 5.73 Å². The molecule has 0 radical (unpaired) electrons. The van der Waals surface area contributed by atoms with Crippen molar-refractivity contribution in [2.75, 3.05) is 26.7 Å². The number of hydrogen-bond donors (Lipinski definition) is 1. The van der Waals surface area contributed by atoms with Crippen LogP contribution in [-0.4, -0.2) is 37.2 Å². The molecule has 1 unspecified atom stereocenters. The van der Waals surface area contributed by atoms with Gasteiger partial charge in [0.1, 0.15) is 5.75 Å². The lowest BCUT2D eigenvalue weighted by Crippen LogP contribution is -2.54. The van der Waals surface area contributed by atoms with E-state index in [9.17, 15) is 0 Å². The van der Waals surface area contributed by atoms with E-state index in [2.05, 4.69) is 30.1 Å². The van der Waals surface area contributed by atoms with Crippen molar-refractivity contribution in [3.05, 3.63) is 29.8 Å². The number of rotatable bonds is 4.